The Morgan fingerprint density at radius 2 is 1.69 bits per heavy atom. The second kappa shape index (κ2) is 9.52. The van der Waals surface area contributed by atoms with E-state index >= 15 is 8.78 Å². The average molecular weight is 496 g/mol. The van der Waals surface area contributed by atoms with Crippen LogP contribution in [-0.4, -0.2) is 30.3 Å². The SMILES string of the molecule is N#Cc1ccc(C#Cc2ccc(C(F)(F)C(O)(Cn3cnnn3)c3ccc(F)cc3F)nc2)cc1F. The first-order valence-electron chi connectivity index (χ1n) is 10.1. The Morgan fingerprint density at radius 3 is 2.31 bits per heavy atom. The summed E-state index contributed by atoms with van der Waals surface area (Å²) in [5, 5.41) is 30.0. The van der Waals surface area contributed by atoms with Crippen molar-refractivity contribution < 1.29 is 27.1 Å². The van der Waals surface area contributed by atoms with E-state index in [4.69, 9.17) is 5.26 Å². The quantitative estimate of drug-likeness (QED) is 0.336. The van der Waals surface area contributed by atoms with Gasteiger partial charge < -0.3 is 5.11 Å². The van der Waals surface area contributed by atoms with Gasteiger partial charge in [-0.25, -0.2) is 17.9 Å². The summed E-state index contributed by atoms with van der Waals surface area (Å²) >= 11 is 0. The second-order valence-corrected chi connectivity index (χ2v) is 7.55. The zero-order valence-electron chi connectivity index (χ0n) is 18.0. The molecule has 0 aliphatic carbocycles. The number of aliphatic hydroxyl groups is 1. The minimum atomic E-state index is -4.21. The van der Waals surface area contributed by atoms with E-state index in [1.807, 2.05) is 0 Å². The first kappa shape index (κ1) is 24.4. The summed E-state index contributed by atoms with van der Waals surface area (Å²) < 4.78 is 73.9. The number of hydrogen-bond acceptors (Lipinski definition) is 6. The van der Waals surface area contributed by atoms with Crippen LogP contribution < -0.4 is 0 Å². The fraction of sp³-hybridized carbons (Fsp3) is 0.125. The Bertz CT molecular complexity index is 1510. The molecule has 180 valence electrons. The van der Waals surface area contributed by atoms with Crippen molar-refractivity contribution >= 4 is 0 Å². The molecule has 0 saturated carbocycles. The Kier molecular flexibility index (Phi) is 6.47. The summed E-state index contributed by atoms with van der Waals surface area (Å²) in [7, 11) is 0. The molecule has 0 fully saturated rings. The molecule has 0 aliphatic rings. The van der Waals surface area contributed by atoms with Crippen LogP contribution in [0.1, 0.15) is 27.9 Å². The average Bonchev–Trinajstić information content (AvgIpc) is 3.35. The maximum absolute atomic E-state index is 15.7. The molecule has 7 nitrogen and oxygen atoms in total. The van der Waals surface area contributed by atoms with Gasteiger partial charge in [0.1, 0.15) is 35.5 Å². The second-order valence-electron chi connectivity index (χ2n) is 7.55. The molecular formula is C24H13F5N6O. The van der Waals surface area contributed by atoms with Crippen LogP contribution in [0.2, 0.25) is 0 Å². The van der Waals surface area contributed by atoms with E-state index in [-0.39, 0.29) is 16.7 Å². The highest BCUT2D eigenvalue weighted by molar-refractivity contribution is 5.45. The largest absolute Gasteiger partial charge is 0.377 e. The normalized spacial score (nSPS) is 12.8. The lowest BCUT2D eigenvalue weighted by Crippen LogP contribution is -2.48. The van der Waals surface area contributed by atoms with Gasteiger partial charge in [-0.05, 0) is 52.9 Å². The zero-order chi connectivity index (χ0) is 25.9. The lowest BCUT2D eigenvalue weighted by Gasteiger charge is -2.35. The van der Waals surface area contributed by atoms with Crippen LogP contribution in [0.3, 0.4) is 0 Å². The Hall–Kier alpha value is -4.68. The third-order valence-corrected chi connectivity index (χ3v) is 5.20. The summed E-state index contributed by atoms with van der Waals surface area (Å²) in [6.07, 6.45) is 1.94. The van der Waals surface area contributed by atoms with Crippen LogP contribution in [0.25, 0.3) is 0 Å². The van der Waals surface area contributed by atoms with Gasteiger partial charge in [-0.2, -0.15) is 14.0 Å². The third-order valence-electron chi connectivity index (χ3n) is 5.20. The van der Waals surface area contributed by atoms with Crippen LogP contribution >= 0.6 is 0 Å². The van der Waals surface area contributed by atoms with Gasteiger partial charge in [0.2, 0.25) is 0 Å². The third kappa shape index (κ3) is 4.62. The van der Waals surface area contributed by atoms with Gasteiger partial charge in [0, 0.05) is 29.0 Å². The Labute approximate surface area is 200 Å². The molecule has 4 rings (SSSR count). The summed E-state index contributed by atoms with van der Waals surface area (Å²) in [5.74, 6) is -2.14. The van der Waals surface area contributed by atoms with Crippen molar-refractivity contribution in [3.8, 4) is 17.9 Å². The van der Waals surface area contributed by atoms with Crippen molar-refractivity contribution in [1.29, 1.82) is 5.26 Å². The molecule has 0 spiro atoms. The Balaban J connectivity index is 1.69. The number of benzene rings is 2. The van der Waals surface area contributed by atoms with Crippen LogP contribution in [0.4, 0.5) is 22.0 Å². The van der Waals surface area contributed by atoms with Crippen molar-refractivity contribution in [1.82, 2.24) is 25.2 Å². The number of pyridine rings is 1. The lowest BCUT2D eigenvalue weighted by atomic mass is 9.84. The fourth-order valence-electron chi connectivity index (χ4n) is 3.36. The minimum Gasteiger partial charge on any atom is -0.377 e. The van der Waals surface area contributed by atoms with Crippen LogP contribution in [0.5, 0.6) is 0 Å². The predicted octanol–water partition coefficient (Wildman–Crippen LogP) is 3.44. The predicted molar refractivity (Wildman–Crippen MR) is 113 cm³/mol. The monoisotopic (exact) mass is 496 g/mol. The first-order valence-corrected chi connectivity index (χ1v) is 10.1. The number of nitrogens with zero attached hydrogens (tertiary/aromatic N) is 6. The molecule has 2 aromatic heterocycles. The van der Waals surface area contributed by atoms with Crippen LogP contribution in [-0.2, 0) is 18.1 Å². The highest BCUT2D eigenvalue weighted by Gasteiger charge is 2.57. The summed E-state index contributed by atoms with van der Waals surface area (Å²) in [5.41, 5.74) is -4.82. The van der Waals surface area contributed by atoms with Crippen molar-refractivity contribution in [3.63, 3.8) is 0 Å². The number of alkyl halides is 2. The molecule has 0 radical (unpaired) electrons. The topological polar surface area (TPSA) is 101 Å². The van der Waals surface area contributed by atoms with Gasteiger partial charge in [-0.15, -0.1) is 5.10 Å². The molecular weight excluding hydrogens is 483 g/mol. The highest BCUT2D eigenvalue weighted by Crippen LogP contribution is 2.46. The van der Waals surface area contributed by atoms with Crippen molar-refractivity contribution in [2.24, 2.45) is 0 Å². The molecule has 0 aliphatic heterocycles. The molecule has 36 heavy (non-hydrogen) atoms. The zero-order valence-corrected chi connectivity index (χ0v) is 18.0. The molecule has 1 unspecified atom stereocenters. The smallest absolute Gasteiger partial charge is 0.323 e. The van der Waals surface area contributed by atoms with Gasteiger partial charge in [0.25, 0.3) is 0 Å². The molecule has 0 amide bonds. The number of rotatable bonds is 5. The molecule has 12 heteroatoms. The Morgan fingerprint density at radius 1 is 0.944 bits per heavy atom. The molecule has 2 aromatic carbocycles. The van der Waals surface area contributed by atoms with Crippen LogP contribution in [0, 0.1) is 40.6 Å². The van der Waals surface area contributed by atoms with E-state index in [9.17, 15) is 18.3 Å². The lowest BCUT2D eigenvalue weighted by molar-refractivity contribution is -0.207. The molecule has 0 bridgehead atoms. The van der Waals surface area contributed by atoms with E-state index in [1.165, 1.54) is 18.2 Å². The molecule has 4 aromatic rings. The molecule has 0 saturated heterocycles. The number of aromatic nitrogens is 5. The van der Waals surface area contributed by atoms with E-state index < -0.39 is 46.8 Å². The van der Waals surface area contributed by atoms with E-state index in [0.29, 0.717) is 12.1 Å². The summed E-state index contributed by atoms with van der Waals surface area (Å²) in [6.45, 7) is -0.983. The van der Waals surface area contributed by atoms with E-state index in [1.54, 1.807) is 6.07 Å². The maximum Gasteiger partial charge on any atom is 0.323 e. The fourth-order valence-corrected chi connectivity index (χ4v) is 3.36. The van der Waals surface area contributed by atoms with Gasteiger partial charge in [0.05, 0.1) is 12.1 Å². The molecule has 1 N–H and O–H groups in total. The first-order chi connectivity index (χ1) is 17.1. The van der Waals surface area contributed by atoms with Crippen molar-refractivity contribution in [2.45, 2.75) is 18.1 Å². The van der Waals surface area contributed by atoms with Gasteiger partial charge in [0.15, 0.2) is 5.60 Å². The number of nitriles is 1. The number of halogens is 5. The maximum atomic E-state index is 15.7. The molecule has 1 atom stereocenters. The van der Waals surface area contributed by atoms with Crippen molar-refractivity contribution in [2.75, 3.05) is 0 Å². The standard InChI is InChI=1S/C24H13F5N6O/c25-18-6-7-19(21(27)10-18)23(36,13-35-14-32-33-34-35)24(28,29)22-8-4-16(12-31-22)2-1-15-3-5-17(11-30)20(26)9-15/h3-10,12,14,36H,13H2. The number of hydrogen-bond donors (Lipinski definition) is 1. The molecule has 2 heterocycles. The highest BCUT2D eigenvalue weighted by atomic mass is 19.3. The van der Waals surface area contributed by atoms with E-state index in [2.05, 4.69) is 32.4 Å². The van der Waals surface area contributed by atoms with Crippen LogP contribution in [0.15, 0.2) is 61.1 Å². The van der Waals surface area contributed by atoms with Gasteiger partial charge >= 0.3 is 5.92 Å². The summed E-state index contributed by atoms with van der Waals surface area (Å²) in [4.78, 5) is 3.69. The van der Waals surface area contributed by atoms with Crippen molar-refractivity contribution in [3.05, 3.63) is 106 Å². The van der Waals surface area contributed by atoms with Gasteiger partial charge in [-0.3, -0.25) is 4.98 Å². The minimum absolute atomic E-state index is 0.152. The number of tetrazole rings is 1. The summed E-state index contributed by atoms with van der Waals surface area (Å²) in [6, 6.07) is 9.28. The van der Waals surface area contributed by atoms with Gasteiger partial charge in [-0.1, -0.05) is 11.8 Å². The van der Waals surface area contributed by atoms with E-state index in [0.717, 1.165) is 35.4 Å².